The molecule has 0 heterocycles. The van der Waals surface area contributed by atoms with Gasteiger partial charge in [0, 0.05) is 6.54 Å². The van der Waals surface area contributed by atoms with Gasteiger partial charge < -0.3 is 11.1 Å². The Morgan fingerprint density at radius 1 is 1.29 bits per heavy atom. The lowest BCUT2D eigenvalue weighted by atomic mass is 9.87. The molecule has 7 heteroatoms. The fourth-order valence-corrected chi connectivity index (χ4v) is 1.55. The first kappa shape index (κ1) is 19.7. The van der Waals surface area contributed by atoms with Gasteiger partial charge in [0.2, 0.25) is 5.91 Å². The molecular formula is C14H20ClF3N2O. The summed E-state index contributed by atoms with van der Waals surface area (Å²) in [5, 5.41) is 2.55. The number of alkyl halides is 3. The summed E-state index contributed by atoms with van der Waals surface area (Å²) < 4.78 is 37.6. The molecule has 3 N–H and O–H groups in total. The van der Waals surface area contributed by atoms with Crippen LogP contribution in [-0.2, 0) is 17.5 Å². The van der Waals surface area contributed by atoms with Crippen molar-refractivity contribution >= 4 is 18.3 Å². The van der Waals surface area contributed by atoms with E-state index in [0.29, 0.717) is 5.56 Å². The molecule has 1 aromatic carbocycles. The molecule has 0 bridgehead atoms. The van der Waals surface area contributed by atoms with E-state index in [-0.39, 0.29) is 24.9 Å². The third-order valence-corrected chi connectivity index (χ3v) is 2.94. The van der Waals surface area contributed by atoms with Crippen LogP contribution in [0, 0.1) is 5.41 Å². The summed E-state index contributed by atoms with van der Waals surface area (Å²) in [5.74, 6) is -0.380. The van der Waals surface area contributed by atoms with Gasteiger partial charge in [0.25, 0.3) is 0 Å². The number of carbonyl (C=O) groups is 1. The number of hydrogen-bond acceptors (Lipinski definition) is 2. The van der Waals surface area contributed by atoms with E-state index in [4.69, 9.17) is 5.73 Å². The topological polar surface area (TPSA) is 55.1 Å². The monoisotopic (exact) mass is 324 g/mol. The van der Waals surface area contributed by atoms with Crippen LogP contribution in [0.1, 0.15) is 31.9 Å². The highest BCUT2D eigenvalue weighted by Gasteiger charge is 2.30. The summed E-state index contributed by atoms with van der Waals surface area (Å²) in [5.41, 5.74) is 5.01. The molecule has 1 amide bonds. The van der Waals surface area contributed by atoms with E-state index in [9.17, 15) is 18.0 Å². The van der Waals surface area contributed by atoms with Crippen molar-refractivity contribution in [3.05, 3.63) is 35.4 Å². The summed E-state index contributed by atoms with van der Waals surface area (Å²) in [6.07, 6.45) is -4.39. The Kier molecular flexibility index (Phi) is 6.70. The average Bonchev–Trinajstić information content (AvgIpc) is 2.33. The van der Waals surface area contributed by atoms with Crippen LogP contribution in [0.5, 0.6) is 0 Å². The molecule has 0 spiro atoms. The Labute approximate surface area is 128 Å². The van der Waals surface area contributed by atoms with Crippen molar-refractivity contribution in [3.8, 4) is 0 Å². The normalized spacial score (nSPS) is 13.3. The number of halogens is 4. The van der Waals surface area contributed by atoms with Gasteiger partial charge >= 0.3 is 6.18 Å². The molecule has 0 aliphatic carbocycles. The molecule has 1 atom stereocenters. The highest BCUT2D eigenvalue weighted by Crippen LogP contribution is 2.29. The SMILES string of the molecule is CC(C)(C)[C@H](N)C(=O)NCc1cccc(C(F)(F)F)c1.Cl. The van der Waals surface area contributed by atoms with E-state index < -0.39 is 23.2 Å². The first-order valence-electron chi connectivity index (χ1n) is 6.21. The number of rotatable bonds is 3. The Morgan fingerprint density at radius 3 is 2.33 bits per heavy atom. The molecular weight excluding hydrogens is 305 g/mol. The number of nitrogens with two attached hydrogens (primary N) is 1. The van der Waals surface area contributed by atoms with Gasteiger partial charge in [-0.3, -0.25) is 4.79 Å². The molecule has 0 fully saturated rings. The van der Waals surface area contributed by atoms with Crippen LogP contribution < -0.4 is 11.1 Å². The van der Waals surface area contributed by atoms with Gasteiger partial charge in [0.05, 0.1) is 11.6 Å². The number of benzene rings is 1. The maximum atomic E-state index is 12.5. The van der Waals surface area contributed by atoms with Crippen molar-refractivity contribution in [1.82, 2.24) is 5.32 Å². The minimum Gasteiger partial charge on any atom is -0.351 e. The van der Waals surface area contributed by atoms with Crippen LogP contribution >= 0.6 is 12.4 Å². The van der Waals surface area contributed by atoms with Crippen molar-refractivity contribution in [3.63, 3.8) is 0 Å². The standard InChI is InChI=1S/C14H19F3N2O.ClH/c1-13(2,3)11(18)12(20)19-8-9-5-4-6-10(7-9)14(15,16)17;/h4-7,11H,8,18H2,1-3H3,(H,19,20);1H/t11-;/m1./s1. The molecule has 0 aliphatic heterocycles. The van der Waals surface area contributed by atoms with Crippen LogP contribution in [-0.4, -0.2) is 11.9 Å². The highest BCUT2D eigenvalue weighted by atomic mass is 35.5. The summed E-state index contributed by atoms with van der Waals surface area (Å²) in [6, 6.07) is 4.13. The Bertz CT molecular complexity index is 484. The van der Waals surface area contributed by atoms with Gasteiger partial charge in [-0.05, 0) is 23.1 Å². The van der Waals surface area contributed by atoms with E-state index in [2.05, 4.69) is 5.32 Å². The zero-order valence-corrected chi connectivity index (χ0v) is 12.9. The highest BCUT2D eigenvalue weighted by molar-refractivity contribution is 5.85. The van der Waals surface area contributed by atoms with E-state index in [1.165, 1.54) is 12.1 Å². The van der Waals surface area contributed by atoms with E-state index in [1.54, 1.807) is 0 Å². The minimum atomic E-state index is -4.39. The smallest absolute Gasteiger partial charge is 0.351 e. The van der Waals surface area contributed by atoms with Crippen molar-refractivity contribution in [2.24, 2.45) is 11.1 Å². The van der Waals surface area contributed by atoms with Gasteiger partial charge in [-0.1, -0.05) is 32.9 Å². The molecule has 0 aromatic heterocycles. The zero-order valence-electron chi connectivity index (χ0n) is 12.1. The number of hydrogen-bond donors (Lipinski definition) is 2. The van der Waals surface area contributed by atoms with Crippen molar-refractivity contribution in [2.45, 2.75) is 39.5 Å². The molecule has 0 unspecified atom stereocenters. The quantitative estimate of drug-likeness (QED) is 0.897. The molecule has 0 aliphatic rings. The summed E-state index contributed by atoms with van der Waals surface area (Å²) >= 11 is 0. The zero-order chi connectivity index (χ0) is 15.6. The molecule has 0 radical (unpaired) electrons. The summed E-state index contributed by atoms with van der Waals surface area (Å²) in [7, 11) is 0. The lowest BCUT2D eigenvalue weighted by molar-refractivity contribution is -0.137. The molecule has 1 rings (SSSR count). The fourth-order valence-electron chi connectivity index (χ4n) is 1.55. The predicted molar refractivity (Wildman–Crippen MR) is 78.0 cm³/mol. The largest absolute Gasteiger partial charge is 0.416 e. The van der Waals surface area contributed by atoms with Gasteiger partial charge in [-0.25, -0.2) is 0 Å². The molecule has 21 heavy (non-hydrogen) atoms. The Morgan fingerprint density at radius 2 is 1.86 bits per heavy atom. The number of amides is 1. The first-order chi connectivity index (χ1) is 9.01. The van der Waals surface area contributed by atoms with E-state index in [1.807, 2.05) is 20.8 Å². The Hall–Kier alpha value is -1.27. The Balaban J connectivity index is 0.00000400. The second kappa shape index (κ2) is 7.13. The molecule has 1 aromatic rings. The molecule has 0 saturated heterocycles. The van der Waals surface area contributed by atoms with Crippen LogP contribution in [0.4, 0.5) is 13.2 Å². The van der Waals surface area contributed by atoms with Crippen molar-refractivity contribution in [1.29, 1.82) is 0 Å². The number of carbonyl (C=O) groups excluding carboxylic acids is 1. The lowest BCUT2D eigenvalue weighted by Crippen LogP contribution is -2.48. The van der Waals surface area contributed by atoms with Crippen LogP contribution in [0.3, 0.4) is 0 Å². The minimum absolute atomic E-state index is 0. The molecule has 3 nitrogen and oxygen atoms in total. The van der Waals surface area contributed by atoms with Gasteiger partial charge in [0.15, 0.2) is 0 Å². The van der Waals surface area contributed by atoms with Gasteiger partial charge in [-0.2, -0.15) is 13.2 Å². The maximum Gasteiger partial charge on any atom is 0.416 e. The second-order valence-corrected chi connectivity index (χ2v) is 5.76. The van der Waals surface area contributed by atoms with Crippen LogP contribution in [0.25, 0.3) is 0 Å². The van der Waals surface area contributed by atoms with Gasteiger partial charge in [-0.15, -0.1) is 12.4 Å². The average molecular weight is 325 g/mol. The molecule has 0 saturated carbocycles. The van der Waals surface area contributed by atoms with Crippen LogP contribution in [0.15, 0.2) is 24.3 Å². The second-order valence-electron chi connectivity index (χ2n) is 5.76. The third-order valence-electron chi connectivity index (χ3n) is 2.94. The van der Waals surface area contributed by atoms with Crippen LogP contribution in [0.2, 0.25) is 0 Å². The summed E-state index contributed by atoms with van der Waals surface area (Å²) in [4.78, 5) is 11.8. The number of nitrogens with one attached hydrogen (secondary N) is 1. The predicted octanol–water partition coefficient (Wildman–Crippen LogP) is 3.12. The van der Waals surface area contributed by atoms with E-state index >= 15 is 0 Å². The third kappa shape index (κ3) is 5.93. The van der Waals surface area contributed by atoms with E-state index in [0.717, 1.165) is 12.1 Å². The first-order valence-corrected chi connectivity index (χ1v) is 6.21. The lowest BCUT2D eigenvalue weighted by Gasteiger charge is -2.25. The van der Waals surface area contributed by atoms with Gasteiger partial charge in [0.1, 0.15) is 0 Å². The maximum absolute atomic E-state index is 12.5. The fraction of sp³-hybridized carbons (Fsp3) is 0.500. The van der Waals surface area contributed by atoms with Crippen molar-refractivity contribution < 1.29 is 18.0 Å². The summed E-state index contributed by atoms with van der Waals surface area (Å²) in [6.45, 7) is 5.48. The van der Waals surface area contributed by atoms with Crippen molar-refractivity contribution in [2.75, 3.05) is 0 Å². The molecule has 120 valence electrons.